The van der Waals surface area contributed by atoms with Gasteiger partial charge in [0.15, 0.2) is 17.1 Å². The minimum atomic E-state index is -2.87. The molecule has 0 radical (unpaired) electrons. The van der Waals surface area contributed by atoms with Crippen LogP contribution in [-0.4, -0.2) is 68.5 Å². The zero-order chi connectivity index (χ0) is 29.9. The van der Waals surface area contributed by atoms with Crippen LogP contribution in [0.1, 0.15) is 49.5 Å². The van der Waals surface area contributed by atoms with Crippen LogP contribution in [0.4, 0.5) is 10.1 Å². The second kappa shape index (κ2) is 9.98. The Balaban J connectivity index is 1.69. The summed E-state index contributed by atoms with van der Waals surface area (Å²) in [4.78, 5) is 50.9. The van der Waals surface area contributed by atoms with Crippen LogP contribution < -0.4 is 22.1 Å². The molecule has 40 heavy (non-hydrogen) atoms. The van der Waals surface area contributed by atoms with Crippen LogP contribution in [0, 0.1) is 23.1 Å². The van der Waals surface area contributed by atoms with Crippen LogP contribution >= 0.6 is 0 Å². The quantitative estimate of drug-likeness (QED) is 0.137. The second-order valence-electron chi connectivity index (χ2n) is 11.7. The number of rotatable bonds is 6. The number of amides is 2. The van der Waals surface area contributed by atoms with Gasteiger partial charge in [0.25, 0.3) is 5.91 Å². The lowest BCUT2D eigenvalue weighted by molar-refractivity contribution is -0.145. The predicted octanol–water partition coefficient (Wildman–Crippen LogP) is 0.621. The van der Waals surface area contributed by atoms with Crippen LogP contribution in [-0.2, 0) is 20.8 Å². The number of allylic oxidation sites excluding steroid dienone is 1. The van der Waals surface area contributed by atoms with Crippen LogP contribution in [0.3, 0.4) is 0 Å². The Labute approximate surface area is 228 Å². The monoisotopic (exact) mass is 560 g/mol. The largest absolute Gasteiger partial charge is 0.510 e. The van der Waals surface area contributed by atoms with E-state index in [0.717, 1.165) is 12.5 Å². The van der Waals surface area contributed by atoms with Gasteiger partial charge >= 0.3 is 0 Å². The third kappa shape index (κ3) is 4.63. The van der Waals surface area contributed by atoms with Crippen molar-refractivity contribution in [1.29, 1.82) is 0 Å². The molecule has 10 N–H and O–H groups in total. The van der Waals surface area contributed by atoms with Gasteiger partial charge in [-0.2, -0.15) is 0 Å². The van der Waals surface area contributed by atoms with E-state index >= 15 is 4.39 Å². The number of aromatic hydroxyl groups is 1. The van der Waals surface area contributed by atoms with Crippen molar-refractivity contribution in [2.24, 2.45) is 28.7 Å². The summed E-state index contributed by atoms with van der Waals surface area (Å²) < 4.78 is 15.2. The van der Waals surface area contributed by atoms with Crippen LogP contribution in [0.5, 0.6) is 5.75 Å². The number of hydrogen-bond acceptors (Lipinski definition) is 10. The summed E-state index contributed by atoms with van der Waals surface area (Å²) in [5, 5.41) is 49.0. The van der Waals surface area contributed by atoms with Crippen LogP contribution in [0.15, 0.2) is 28.7 Å². The number of primary amides is 1. The van der Waals surface area contributed by atoms with Crippen molar-refractivity contribution in [1.82, 2.24) is 5.32 Å². The average Bonchev–Trinajstić information content (AvgIpc) is 2.84. The molecule has 0 saturated heterocycles. The lowest BCUT2D eigenvalue weighted by atomic mass is 9.59. The fraction of sp³-hybridized carbons (Fsp3) is 0.481. The molecular formula is C27H33FN4O8. The number of aliphatic hydroxyl groups is 3. The molecule has 3 aliphatic rings. The predicted molar refractivity (Wildman–Crippen MR) is 140 cm³/mol. The highest BCUT2D eigenvalue weighted by atomic mass is 19.1. The summed E-state index contributed by atoms with van der Waals surface area (Å²) in [5.74, 6) is -10.4. The van der Waals surface area contributed by atoms with Crippen LogP contribution in [0.25, 0.3) is 0 Å². The maximum absolute atomic E-state index is 15.2. The number of fused-ring (bicyclic) bond motifs is 3. The Bertz CT molecular complexity index is 1400. The van der Waals surface area contributed by atoms with Gasteiger partial charge in [0.2, 0.25) is 11.7 Å². The summed E-state index contributed by atoms with van der Waals surface area (Å²) in [5.41, 5.74) is 5.77. The number of phenols is 1. The third-order valence-electron chi connectivity index (χ3n) is 7.81. The number of anilines is 1. The zero-order valence-electron chi connectivity index (χ0n) is 22.3. The van der Waals surface area contributed by atoms with Gasteiger partial charge in [-0.15, -0.1) is 0 Å². The van der Waals surface area contributed by atoms with E-state index in [1.165, 1.54) is 0 Å². The number of nitrogens with two attached hydrogens (primary N) is 2. The average molecular weight is 561 g/mol. The first-order valence-electron chi connectivity index (χ1n) is 12.8. The number of halogens is 1. The van der Waals surface area contributed by atoms with Gasteiger partial charge in [0.1, 0.15) is 22.9 Å². The number of phenolic OH excluding ortho intramolecular Hbond substituents is 1. The molecule has 0 saturated carbocycles. The van der Waals surface area contributed by atoms with E-state index in [1.807, 2.05) is 20.8 Å². The van der Waals surface area contributed by atoms with E-state index < -0.39 is 86.7 Å². The highest BCUT2D eigenvalue weighted by Crippen LogP contribution is 2.52. The van der Waals surface area contributed by atoms with Crippen molar-refractivity contribution in [2.45, 2.75) is 51.7 Å². The molecule has 2 amide bonds. The van der Waals surface area contributed by atoms with Crippen molar-refractivity contribution in [2.75, 3.05) is 18.4 Å². The number of carbonyl (C=O) groups excluding carboxylic acids is 4. The van der Waals surface area contributed by atoms with E-state index in [4.69, 9.17) is 11.5 Å². The van der Waals surface area contributed by atoms with Crippen molar-refractivity contribution in [3.05, 3.63) is 45.7 Å². The van der Waals surface area contributed by atoms with Gasteiger partial charge in [-0.3, -0.25) is 19.2 Å². The summed E-state index contributed by atoms with van der Waals surface area (Å²) in [6, 6.07) is -0.621. The van der Waals surface area contributed by atoms with E-state index in [1.54, 1.807) is 0 Å². The van der Waals surface area contributed by atoms with E-state index in [9.17, 15) is 39.6 Å². The van der Waals surface area contributed by atoms with Crippen molar-refractivity contribution in [3.63, 3.8) is 0 Å². The minimum absolute atomic E-state index is 0.0412. The third-order valence-corrected chi connectivity index (χ3v) is 7.81. The number of ketones is 2. The van der Waals surface area contributed by atoms with E-state index in [2.05, 4.69) is 10.6 Å². The smallest absolute Gasteiger partial charge is 0.255 e. The zero-order valence-corrected chi connectivity index (χ0v) is 22.3. The van der Waals surface area contributed by atoms with Gasteiger partial charge in [0.05, 0.1) is 23.8 Å². The first kappa shape index (κ1) is 29.2. The Morgan fingerprint density at radius 2 is 1.85 bits per heavy atom. The first-order chi connectivity index (χ1) is 18.5. The summed E-state index contributed by atoms with van der Waals surface area (Å²) >= 11 is 0. The van der Waals surface area contributed by atoms with E-state index in [-0.39, 0.29) is 36.1 Å². The normalized spacial score (nSPS) is 26.3. The number of nitrogens with one attached hydrogen (secondary N) is 2. The summed E-state index contributed by atoms with van der Waals surface area (Å²) in [7, 11) is 0. The van der Waals surface area contributed by atoms with Crippen LogP contribution in [0.2, 0.25) is 0 Å². The van der Waals surface area contributed by atoms with Gasteiger partial charge in [-0.1, -0.05) is 20.8 Å². The molecule has 4 atom stereocenters. The van der Waals surface area contributed by atoms with Gasteiger partial charge < -0.3 is 42.5 Å². The Morgan fingerprint density at radius 1 is 1.20 bits per heavy atom. The second-order valence-corrected chi connectivity index (χ2v) is 11.7. The SMILES string of the molecule is CC(C)(C)CCNCC(=O)Nc1cc(F)c2c(c1O)C(=O)C1=C(O)[C@]3(O)C(=O)C(C(N)=O)=C(O)[C@@H](N)[C@@H]3C[C@@H]1C2. The molecule has 0 aliphatic heterocycles. The summed E-state index contributed by atoms with van der Waals surface area (Å²) in [6.07, 6.45) is 0.302. The highest BCUT2D eigenvalue weighted by molar-refractivity contribution is 6.25. The molecule has 0 aromatic heterocycles. The molecule has 4 rings (SSSR count). The van der Waals surface area contributed by atoms with Crippen molar-refractivity contribution >= 4 is 29.1 Å². The molecule has 3 aliphatic carbocycles. The molecular weight excluding hydrogens is 527 g/mol. The Morgan fingerprint density at radius 3 is 2.45 bits per heavy atom. The molecule has 0 fully saturated rings. The molecule has 216 valence electrons. The van der Waals surface area contributed by atoms with E-state index in [0.29, 0.717) is 6.54 Å². The fourth-order valence-corrected chi connectivity index (χ4v) is 5.69. The highest BCUT2D eigenvalue weighted by Gasteiger charge is 2.62. The number of Topliss-reactive ketones (excluding diaryl/α,β-unsaturated/α-hetero) is 2. The Hall–Kier alpha value is -3.81. The first-order valence-corrected chi connectivity index (χ1v) is 12.8. The lowest BCUT2D eigenvalue weighted by Crippen LogP contribution is -2.63. The molecule has 12 nitrogen and oxygen atoms in total. The number of aliphatic hydroxyl groups excluding tert-OH is 2. The van der Waals surface area contributed by atoms with Gasteiger partial charge in [-0.25, -0.2) is 4.39 Å². The lowest BCUT2D eigenvalue weighted by Gasteiger charge is -2.47. The number of carbonyl (C=O) groups is 4. The number of hydrogen-bond donors (Lipinski definition) is 8. The maximum Gasteiger partial charge on any atom is 0.255 e. The Kier molecular flexibility index (Phi) is 7.28. The minimum Gasteiger partial charge on any atom is -0.510 e. The molecule has 0 bridgehead atoms. The van der Waals surface area contributed by atoms with Crippen molar-refractivity contribution < 1.29 is 44.0 Å². The molecule has 0 spiro atoms. The molecule has 1 aromatic carbocycles. The van der Waals surface area contributed by atoms with Gasteiger partial charge in [-0.05, 0) is 37.1 Å². The number of benzene rings is 1. The van der Waals surface area contributed by atoms with Crippen molar-refractivity contribution in [3.8, 4) is 5.75 Å². The van der Waals surface area contributed by atoms with Gasteiger partial charge in [0, 0.05) is 23.1 Å². The molecule has 0 heterocycles. The topological polar surface area (TPSA) is 225 Å². The molecule has 1 aromatic rings. The fourth-order valence-electron chi connectivity index (χ4n) is 5.69. The maximum atomic E-state index is 15.2. The molecule has 13 heteroatoms. The molecule has 0 unspecified atom stereocenters. The standard InChI is InChI=1S/C27H33FN4O8/c1-26(2,3)4-5-31-9-15(33)32-14-8-13(28)11-6-10-7-12-19(29)22(36)18(25(30)39)24(38)27(12,40)23(37)16(10)21(35)17(11)20(14)34/h8,10,12,19,31,34,36-37,40H,4-7,9,29H2,1-3H3,(H2,30,39)(H,32,33)/t10-,12-,19-,27-/m0/s1. The summed E-state index contributed by atoms with van der Waals surface area (Å²) in [6.45, 7) is 6.51.